The van der Waals surface area contributed by atoms with Crippen LogP contribution in [0.15, 0.2) is 77.9 Å². The maximum atomic E-state index is 13.1. The number of para-hydroxylation sites is 1. The zero-order valence-corrected chi connectivity index (χ0v) is 18.0. The van der Waals surface area contributed by atoms with Gasteiger partial charge in [0.2, 0.25) is 0 Å². The average Bonchev–Trinajstić information content (AvgIpc) is 2.81. The highest BCUT2D eigenvalue weighted by Gasteiger charge is 2.16. The topological polar surface area (TPSA) is 94.8 Å². The van der Waals surface area contributed by atoms with Gasteiger partial charge >= 0.3 is 0 Å². The van der Waals surface area contributed by atoms with Gasteiger partial charge in [-0.15, -0.1) is 0 Å². The molecule has 3 aromatic carbocycles. The molecule has 1 aromatic heterocycles. The van der Waals surface area contributed by atoms with Gasteiger partial charge in [0.15, 0.2) is 0 Å². The van der Waals surface area contributed by atoms with E-state index in [9.17, 15) is 15.0 Å². The lowest BCUT2D eigenvalue weighted by molar-refractivity contribution is 0.0956. The largest absolute Gasteiger partial charge is 0.508 e. The van der Waals surface area contributed by atoms with E-state index in [4.69, 9.17) is 11.6 Å². The van der Waals surface area contributed by atoms with Crippen molar-refractivity contribution in [3.63, 3.8) is 0 Å². The van der Waals surface area contributed by atoms with E-state index >= 15 is 0 Å². The SMILES string of the molecule is CCC(=NNC(=O)c1cc(-c2ccccc2Cl)nc2ccccc12)c1cc(O)ccc1O. The van der Waals surface area contributed by atoms with Crippen molar-refractivity contribution in [2.24, 2.45) is 5.10 Å². The van der Waals surface area contributed by atoms with Gasteiger partial charge in [0, 0.05) is 21.5 Å². The highest BCUT2D eigenvalue weighted by Crippen LogP contribution is 2.30. The average molecular weight is 446 g/mol. The summed E-state index contributed by atoms with van der Waals surface area (Å²) in [5.74, 6) is -0.467. The van der Waals surface area contributed by atoms with Gasteiger partial charge in [-0.2, -0.15) is 5.10 Å². The second-order valence-electron chi connectivity index (χ2n) is 7.11. The first-order chi connectivity index (χ1) is 15.5. The molecule has 0 unspecified atom stereocenters. The molecule has 0 saturated carbocycles. The molecule has 7 heteroatoms. The molecule has 0 aliphatic rings. The number of carbonyl (C=O) groups is 1. The van der Waals surface area contributed by atoms with Crippen LogP contribution in [-0.4, -0.2) is 26.8 Å². The molecule has 0 radical (unpaired) electrons. The van der Waals surface area contributed by atoms with E-state index in [1.807, 2.05) is 49.4 Å². The van der Waals surface area contributed by atoms with Crippen molar-refractivity contribution in [1.82, 2.24) is 10.4 Å². The number of halogens is 1. The number of phenolic OH excluding ortho intramolecular Hbond substituents is 2. The molecule has 0 fully saturated rings. The Kier molecular flexibility index (Phi) is 6.05. The summed E-state index contributed by atoms with van der Waals surface area (Å²) in [7, 11) is 0. The fraction of sp³-hybridized carbons (Fsp3) is 0.0800. The van der Waals surface area contributed by atoms with Crippen molar-refractivity contribution in [2.75, 3.05) is 0 Å². The third kappa shape index (κ3) is 4.26. The minimum atomic E-state index is -0.428. The number of benzene rings is 3. The van der Waals surface area contributed by atoms with Crippen LogP contribution in [0.3, 0.4) is 0 Å². The lowest BCUT2D eigenvalue weighted by Gasteiger charge is -2.11. The van der Waals surface area contributed by atoms with Crippen LogP contribution in [-0.2, 0) is 0 Å². The van der Waals surface area contributed by atoms with Gasteiger partial charge in [-0.25, -0.2) is 10.4 Å². The fourth-order valence-corrected chi connectivity index (χ4v) is 3.67. The smallest absolute Gasteiger partial charge is 0.272 e. The molecule has 0 saturated heterocycles. The molecule has 0 atom stereocenters. The van der Waals surface area contributed by atoms with Gasteiger partial charge in [-0.05, 0) is 42.8 Å². The zero-order valence-electron chi connectivity index (χ0n) is 17.2. The molecule has 3 N–H and O–H groups in total. The van der Waals surface area contributed by atoms with Crippen LogP contribution in [0.25, 0.3) is 22.2 Å². The van der Waals surface area contributed by atoms with E-state index in [0.29, 0.717) is 44.9 Å². The number of carbonyl (C=O) groups excluding carboxylic acids is 1. The van der Waals surface area contributed by atoms with Gasteiger partial charge in [-0.1, -0.05) is 54.9 Å². The first-order valence-corrected chi connectivity index (χ1v) is 10.4. The molecule has 4 aromatic rings. The maximum Gasteiger partial charge on any atom is 0.272 e. The summed E-state index contributed by atoms with van der Waals surface area (Å²) in [4.78, 5) is 17.8. The number of amides is 1. The highest BCUT2D eigenvalue weighted by atomic mass is 35.5. The van der Waals surface area contributed by atoms with Crippen molar-refractivity contribution in [3.8, 4) is 22.8 Å². The van der Waals surface area contributed by atoms with Gasteiger partial charge in [0.25, 0.3) is 5.91 Å². The number of hydrogen-bond donors (Lipinski definition) is 3. The summed E-state index contributed by atoms with van der Waals surface area (Å²) in [6.45, 7) is 1.84. The third-order valence-corrected chi connectivity index (χ3v) is 5.36. The van der Waals surface area contributed by atoms with Crippen molar-refractivity contribution < 1.29 is 15.0 Å². The summed E-state index contributed by atoms with van der Waals surface area (Å²) in [5, 5.41) is 25.3. The number of nitrogens with one attached hydrogen (secondary N) is 1. The Morgan fingerprint density at radius 1 is 1.00 bits per heavy atom. The van der Waals surface area contributed by atoms with Crippen LogP contribution in [0, 0.1) is 0 Å². The van der Waals surface area contributed by atoms with E-state index in [-0.39, 0.29) is 11.5 Å². The zero-order chi connectivity index (χ0) is 22.7. The van der Waals surface area contributed by atoms with Crippen molar-refractivity contribution in [3.05, 3.63) is 88.9 Å². The number of hydrogen-bond acceptors (Lipinski definition) is 5. The van der Waals surface area contributed by atoms with E-state index < -0.39 is 5.91 Å². The molecule has 0 bridgehead atoms. The quantitative estimate of drug-likeness (QED) is 0.214. The number of aromatic hydroxyl groups is 2. The molecule has 32 heavy (non-hydrogen) atoms. The van der Waals surface area contributed by atoms with Crippen LogP contribution < -0.4 is 5.43 Å². The molecule has 1 amide bonds. The summed E-state index contributed by atoms with van der Waals surface area (Å²) < 4.78 is 0. The maximum absolute atomic E-state index is 13.1. The third-order valence-electron chi connectivity index (χ3n) is 5.03. The van der Waals surface area contributed by atoms with Crippen molar-refractivity contribution >= 4 is 34.1 Å². The van der Waals surface area contributed by atoms with E-state index in [1.54, 1.807) is 12.1 Å². The van der Waals surface area contributed by atoms with E-state index in [2.05, 4.69) is 15.5 Å². The summed E-state index contributed by atoms with van der Waals surface area (Å²) in [5.41, 5.74) is 5.69. The minimum absolute atomic E-state index is 0.00483. The molecule has 0 aliphatic heterocycles. The second-order valence-corrected chi connectivity index (χ2v) is 7.51. The Hall–Kier alpha value is -3.90. The lowest BCUT2D eigenvalue weighted by Crippen LogP contribution is -2.20. The molecular formula is C25H20ClN3O3. The van der Waals surface area contributed by atoms with Crippen LogP contribution in [0.4, 0.5) is 0 Å². The monoisotopic (exact) mass is 445 g/mol. The Morgan fingerprint density at radius 2 is 1.75 bits per heavy atom. The Bertz CT molecular complexity index is 1350. The number of fused-ring (bicyclic) bond motifs is 1. The summed E-state index contributed by atoms with van der Waals surface area (Å²) in [6.07, 6.45) is 0.430. The van der Waals surface area contributed by atoms with E-state index in [0.717, 1.165) is 5.56 Å². The number of rotatable bonds is 5. The lowest BCUT2D eigenvalue weighted by atomic mass is 10.0. The van der Waals surface area contributed by atoms with Crippen LogP contribution in [0.1, 0.15) is 29.3 Å². The number of hydrazone groups is 1. The predicted octanol–water partition coefficient (Wildman–Crippen LogP) is 5.51. The van der Waals surface area contributed by atoms with Crippen molar-refractivity contribution in [2.45, 2.75) is 13.3 Å². The first kappa shape index (κ1) is 21.3. The molecule has 4 rings (SSSR count). The van der Waals surface area contributed by atoms with Gasteiger partial charge in [0.1, 0.15) is 11.5 Å². The van der Waals surface area contributed by atoms with Gasteiger partial charge in [-0.3, -0.25) is 4.79 Å². The summed E-state index contributed by atoms with van der Waals surface area (Å²) >= 11 is 6.35. The molecular weight excluding hydrogens is 426 g/mol. The van der Waals surface area contributed by atoms with Crippen LogP contribution in [0.2, 0.25) is 5.02 Å². The molecule has 160 valence electrons. The minimum Gasteiger partial charge on any atom is -0.508 e. The second kappa shape index (κ2) is 9.08. The van der Waals surface area contributed by atoms with Gasteiger partial charge < -0.3 is 10.2 Å². The summed E-state index contributed by atoms with van der Waals surface area (Å²) in [6, 6.07) is 20.5. The number of pyridine rings is 1. The Balaban J connectivity index is 1.75. The Labute approximate surface area is 189 Å². The number of nitrogens with zero attached hydrogens (tertiary/aromatic N) is 2. The Morgan fingerprint density at radius 3 is 2.53 bits per heavy atom. The van der Waals surface area contributed by atoms with Crippen LogP contribution >= 0.6 is 11.6 Å². The first-order valence-electron chi connectivity index (χ1n) is 10.0. The van der Waals surface area contributed by atoms with Crippen LogP contribution in [0.5, 0.6) is 11.5 Å². The highest BCUT2D eigenvalue weighted by molar-refractivity contribution is 6.33. The van der Waals surface area contributed by atoms with Gasteiger partial charge in [0.05, 0.1) is 22.5 Å². The van der Waals surface area contributed by atoms with Crippen molar-refractivity contribution in [1.29, 1.82) is 0 Å². The molecule has 0 spiro atoms. The fourth-order valence-electron chi connectivity index (χ4n) is 3.43. The molecule has 6 nitrogen and oxygen atoms in total. The predicted molar refractivity (Wildman–Crippen MR) is 126 cm³/mol. The standard InChI is InChI=1S/C25H20ClN3O3/c1-2-21(19-13-15(30)11-12-24(19)31)28-29-25(32)18-14-23(17-8-3-5-9-20(17)26)27-22-10-6-4-7-16(18)22/h3-14,30-31H,2H2,1H3,(H,29,32). The normalized spacial score (nSPS) is 11.5. The number of phenols is 2. The molecule has 0 aliphatic carbocycles. The number of aromatic nitrogens is 1. The van der Waals surface area contributed by atoms with E-state index in [1.165, 1.54) is 18.2 Å². The molecule has 1 heterocycles.